The molecule has 4 nitrogen and oxygen atoms in total. The molecule has 2 N–H and O–H groups in total. The summed E-state index contributed by atoms with van der Waals surface area (Å²) in [5, 5.41) is 0. The number of halogens is 2. The van der Waals surface area contributed by atoms with Gasteiger partial charge in [0, 0.05) is 5.56 Å². The number of methoxy groups -OCH3 is 2. The van der Waals surface area contributed by atoms with Crippen molar-refractivity contribution in [1.82, 2.24) is 0 Å². The van der Waals surface area contributed by atoms with Gasteiger partial charge in [0.25, 0.3) is 0 Å². The van der Waals surface area contributed by atoms with Crippen molar-refractivity contribution in [3.05, 3.63) is 29.6 Å². The van der Waals surface area contributed by atoms with Crippen LogP contribution in [-0.2, 0) is 9.53 Å². The Morgan fingerprint density at radius 3 is 2.56 bits per heavy atom. The molecule has 0 aliphatic rings. The van der Waals surface area contributed by atoms with Crippen LogP contribution in [-0.4, -0.2) is 20.2 Å². The molecule has 0 aliphatic heterocycles. The fourth-order valence-electron chi connectivity index (χ4n) is 1.14. The summed E-state index contributed by atoms with van der Waals surface area (Å²) in [6.07, 6.45) is 0. The Hall–Kier alpha value is -1.33. The minimum atomic E-state index is -1.13. The Morgan fingerprint density at radius 1 is 1.44 bits per heavy atom. The molecule has 0 aliphatic carbocycles. The second kappa shape index (κ2) is 6.30. The van der Waals surface area contributed by atoms with Gasteiger partial charge in [0.05, 0.1) is 14.2 Å². The largest absolute Gasteiger partial charge is 0.497 e. The number of nitrogens with two attached hydrogens (primary N) is 1. The van der Waals surface area contributed by atoms with Crippen LogP contribution in [0, 0.1) is 5.82 Å². The highest BCUT2D eigenvalue weighted by atomic mass is 35.5. The summed E-state index contributed by atoms with van der Waals surface area (Å²) < 4.78 is 22.6. The molecule has 0 saturated carbocycles. The number of carbonyl (C=O) groups excluding carboxylic acids is 1. The Morgan fingerprint density at radius 2 is 2.06 bits per heavy atom. The minimum absolute atomic E-state index is 0. The van der Waals surface area contributed by atoms with Crippen LogP contribution in [0.3, 0.4) is 0 Å². The molecule has 6 heteroatoms. The van der Waals surface area contributed by atoms with Gasteiger partial charge < -0.3 is 15.2 Å². The maximum atomic E-state index is 13.3. The van der Waals surface area contributed by atoms with Crippen LogP contribution in [0.2, 0.25) is 0 Å². The predicted octanol–water partition coefficient (Wildman–Crippen LogP) is 1.43. The number of benzene rings is 1. The average molecular weight is 250 g/mol. The molecule has 1 rings (SSSR count). The second-order valence-corrected chi connectivity index (χ2v) is 2.89. The lowest BCUT2D eigenvalue weighted by Gasteiger charge is -2.11. The van der Waals surface area contributed by atoms with Crippen LogP contribution in [0.5, 0.6) is 5.75 Å². The monoisotopic (exact) mass is 249 g/mol. The molecule has 0 saturated heterocycles. The third-order valence-corrected chi connectivity index (χ3v) is 1.99. The molecular weight excluding hydrogens is 237 g/mol. The van der Waals surface area contributed by atoms with E-state index in [0.717, 1.165) is 0 Å². The summed E-state index contributed by atoms with van der Waals surface area (Å²) in [7, 11) is 2.64. The van der Waals surface area contributed by atoms with Gasteiger partial charge >= 0.3 is 5.97 Å². The van der Waals surface area contributed by atoms with Crippen LogP contribution in [0.4, 0.5) is 4.39 Å². The molecule has 0 fully saturated rings. The van der Waals surface area contributed by atoms with E-state index in [9.17, 15) is 9.18 Å². The highest BCUT2D eigenvalue weighted by Crippen LogP contribution is 2.21. The molecular formula is C10H13ClFNO3. The molecule has 1 aromatic rings. The molecule has 0 amide bonds. The van der Waals surface area contributed by atoms with E-state index in [4.69, 9.17) is 10.5 Å². The number of hydrogen-bond acceptors (Lipinski definition) is 4. The van der Waals surface area contributed by atoms with Crippen LogP contribution in [0.25, 0.3) is 0 Å². The van der Waals surface area contributed by atoms with Crippen molar-refractivity contribution >= 4 is 18.4 Å². The van der Waals surface area contributed by atoms with Crippen molar-refractivity contribution in [1.29, 1.82) is 0 Å². The lowest BCUT2D eigenvalue weighted by Crippen LogP contribution is -2.23. The quantitative estimate of drug-likeness (QED) is 0.824. The fraction of sp³-hybridized carbons (Fsp3) is 0.300. The average Bonchev–Trinajstić information content (AvgIpc) is 2.27. The number of carbonyl (C=O) groups is 1. The lowest BCUT2D eigenvalue weighted by atomic mass is 10.1. The van der Waals surface area contributed by atoms with Gasteiger partial charge in [-0.15, -0.1) is 12.4 Å². The Labute approximate surface area is 98.9 Å². The zero-order valence-electron chi connectivity index (χ0n) is 8.90. The first-order valence-corrected chi connectivity index (χ1v) is 4.27. The summed E-state index contributed by atoms with van der Waals surface area (Å²) in [5.41, 5.74) is 5.56. The minimum Gasteiger partial charge on any atom is -0.497 e. The number of ether oxygens (including phenoxy) is 2. The van der Waals surface area contributed by atoms with Crippen LogP contribution in [0.1, 0.15) is 11.6 Å². The normalized spacial score (nSPS) is 11.2. The Balaban J connectivity index is 0.00000225. The van der Waals surface area contributed by atoms with Gasteiger partial charge in [-0.1, -0.05) is 0 Å². The third kappa shape index (κ3) is 3.08. The van der Waals surface area contributed by atoms with E-state index < -0.39 is 17.8 Å². The van der Waals surface area contributed by atoms with E-state index >= 15 is 0 Å². The summed E-state index contributed by atoms with van der Waals surface area (Å²) in [5.74, 6) is -0.818. The highest BCUT2D eigenvalue weighted by Gasteiger charge is 2.20. The summed E-state index contributed by atoms with van der Waals surface area (Å²) in [6.45, 7) is 0. The maximum absolute atomic E-state index is 13.3. The first kappa shape index (κ1) is 14.7. The third-order valence-electron chi connectivity index (χ3n) is 1.99. The van der Waals surface area contributed by atoms with Crippen molar-refractivity contribution in [2.75, 3.05) is 14.2 Å². The second-order valence-electron chi connectivity index (χ2n) is 2.89. The maximum Gasteiger partial charge on any atom is 0.327 e. The summed E-state index contributed by atoms with van der Waals surface area (Å²) in [4.78, 5) is 11.1. The molecule has 0 bridgehead atoms. The molecule has 90 valence electrons. The smallest absolute Gasteiger partial charge is 0.327 e. The molecule has 0 aromatic heterocycles. The predicted molar refractivity (Wildman–Crippen MR) is 59.1 cm³/mol. The number of rotatable bonds is 3. The van der Waals surface area contributed by atoms with E-state index in [0.29, 0.717) is 5.75 Å². The van der Waals surface area contributed by atoms with Gasteiger partial charge in [-0.05, 0) is 18.2 Å². The van der Waals surface area contributed by atoms with Crippen molar-refractivity contribution in [3.8, 4) is 5.75 Å². The fourth-order valence-corrected chi connectivity index (χ4v) is 1.14. The van der Waals surface area contributed by atoms with Gasteiger partial charge in [-0.2, -0.15) is 0 Å². The molecule has 0 radical (unpaired) electrons. The topological polar surface area (TPSA) is 61.5 Å². The SMILES string of the molecule is COC(=O)[C@@H](N)c1cc(OC)ccc1F.Cl. The van der Waals surface area contributed by atoms with E-state index in [-0.39, 0.29) is 18.0 Å². The molecule has 0 spiro atoms. The zero-order valence-corrected chi connectivity index (χ0v) is 9.71. The van der Waals surface area contributed by atoms with Crippen LogP contribution < -0.4 is 10.5 Å². The van der Waals surface area contributed by atoms with E-state index in [1.54, 1.807) is 0 Å². The number of hydrogen-bond donors (Lipinski definition) is 1. The van der Waals surface area contributed by atoms with Crippen LogP contribution in [0.15, 0.2) is 18.2 Å². The highest BCUT2D eigenvalue weighted by molar-refractivity contribution is 5.85. The van der Waals surface area contributed by atoms with E-state index in [1.807, 2.05) is 0 Å². The van der Waals surface area contributed by atoms with Gasteiger partial charge in [-0.3, -0.25) is 4.79 Å². The Kier molecular flexibility index (Phi) is 5.77. The summed E-state index contributed by atoms with van der Waals surface area (Å²) in [6, 6.07) is 2.88. The van der Waals surface area contributed by atoms with Crippen molar-refractivity contribution < 1.29 is 18.7 Å². The van der Waals surface area contributed by atoms with Crippen LogP contribution >= 0.6 is 12.4 Å². The van der Waals surface area contributed by atoms with Crippen molar-refractivity contribution in [2.24, 2.45) is 5.73 Å². The first-order chi connectivity index (χ1) is 7.10. The van der Waals surface area contributed by atoms with Gasteiger partial charge in [0.2, 0.25) is 0 Å². The molecule has 0 heterocycles. The van der Waals surface area contributed by atoms with Gasteiger partial charge in [0.1, 0.15) is 17.6 Å². The standard InChI is InChI=1S/C10H12FNO3.ClH/c1-14-6-3-4-8(11)7(5-6)9(12)10(13)15-2;/h3-5,9H,12H2,1-2H3;1H/t9-;/m0./s1. The summed E-state index contributed by atoms with van der Waals surface area (Å²) >= 11 is 0. The molecule has 16 heavy (non-hydrogen) atoms. The van der Waals surface area contributed by atoms with E-state index in [2.05, 4.69) is 4.74 Å². The molecule has 0 unspecified atom stereocenters. The molecule has 1 aromatic carbocycles. The first-order valence-electron chi connectivity index (χ1n) is 4.27. The van der Waals surface area contributed by atoms with E-state index in [1.165, 1.54) is 32.4 Å². The molecule has 1 atom stereocenters. The Bertz CT molecular complexity index is 373. The van der Waals surface area contributed by atoms with Gasteiger partial charge in [-0.25, -0.2) is 4.39 Å². The lowest BCUT2D eigenvalue weighted by molar-refractivity contribution is -0.142. The van der Waals surface area contributed by atoms with Crippen molar-refractivity contribution in [2.45, 2.75) is 6.04 Å². The van der Waals surface area contributed by atoms with Crippen molar-refractivity contribution in [3.63, 3.8) is 0 Å². The number of esters is 1. The zero-order chi connectivity index (χ0) is 11.4. The van der Waals surface area contributed by atoms with Gasteiger partial charge in [0.15, 0.2) is 0 Å².